The number of anilines is 1. The van der Waals surface area contributed by atoms with Crippen LogP contribution in [0.2, 0.25) is 0 Å². The first-order valence-electron chi connectivity index (χ1n) is 5.87. The summed E-state index contributed by atoms with van der Waals surface area (Å²) in [6.45, 7) is 0. The predicted molar refractivity (Wildman–Crippen MR) is 87.9 cm³/mol. The number of ether oxygens (including phenoxy) is 1. The molecule has 0 bridgehead atoms. The van der Waals surface area contributed by atoms with Gasteiger partial charge in [0, 0.05) is 13.6 Å². The number of halogens is 5. The van der Waals surface area contributed by atoms with E-state index in [1.165, 1.54) is 12.1 Å². The molecule has 0 aliphatic heterocycles. The van der Waals surface area contributed by atoms with Crippen LogP contribution in [0.15, 0.2) is 46.9 Å². The number of benzene rings is 2. The maximum absolute atomic E-state index is 12.1. The maximum atomic E-state index is 12.1. The second-order valence-electron chi connectivity index (χ2n) is 4.15. The first-order chi connectivity index (χ1) is 10.2. The van der Waals surface area contributed by atoms with Gasteiger partial charge in [-0.2, -0.15) is 0 Å². The molecule has 116 valence electrons. The smallest absolute Gasteiger partial charge is 0.406 e. The van der Waals surface area contributed by atoms with Crippen molar-refractivity contribution in [1.82, 2.24) is 0 Å². The Hall–Kier alpha value is -1.29. The van der Waals surface area contributed by atoms with Crippen LogP contribution in [0.3, 0.4) is 0 Å². The van der Waals surface area contributed by atoms with Gasteiger partial charge in [0.25, 0.3) is 5.91 Å². The topological polar surface area (TPSA) is 38.3 Å². The molecule has 0 saturated carbocycles. The number of alkyl halides is 3. The number of hydrogen-bond acceptors (Lipinski definition) is 2. The molecular weight excluding hydrogens is 478 g/mol. The lowest BCUT2D eigenvalue weighted by Crippen LogP contribution is -2.17. The van der Waals surface area contributed by atoms with Crippen molar-refractivity contribution in [3.05, 3.63) is 56.1 Å². The Morgan fingerprint density at radius 2 is 1.77 bits per heavy atom. The Morgan fingerprint density at radius 1 is 1.14 bits per heavy atom. The van der Waals surface area contributed by atoms with Gasteiger partial charge >= 0.3 is 6.36 Å². The summed E-state index contributed by atoms with van der Waals surface area (Å²) in [5.41, 5.74) is 0.845. The minimum Gasteiger partial charge on any atom is -0.406 e. The number of hydrogen-bond donors (Lipinski definition) is 1. The van der Waals surface area contributed by atoms with E-state index in [-0.39, 0.29) is 11.3 Å². The van der Waals surface area contributed by atoms with Crippen molar-refractivity contribution in [1.29, 1.82) is 0 Å². The number of nitrogens with one attached hydrogen (secondary N) is 1. The molecule has 0 aliphatic carbocycles. The third kappa shape index (κ3) is 4.87. The van der Waals surface area contributed by atoms with Crippen molar-refractivity contribution in [3.8, 4) is 5.75 Å². The molecule has 0 radical (unpaired) electrons. The molecule has 0 spiro atoms. The molecule has 8 heteroatoms. The highest BCUT2D eigenvalue weighted by Gasteiger charge is 2.31. The van der Waals surface area contributed by atoms with Crippen LogP contribution in [0, 0.1) is 3.57 Å². The largest absolute Gasteiger partial charge is 0.573 e. The number of rotatable bonds is 3. The van der Waals surface area contributed by atoms with E-state index >= 15 is 0 Å². The summed E-state index contributed by atoms with van der Waals surface area (Å²) in [7, 11) is 0. The Labute approximate surface area is 146 Å². The molecule has 0 aliphatic rings. The van der Waals surface area contributed by atoms with Crippen molar-refractivity contribution in [2.75, 3.05) is 5.32 Å². The van der Waals surface area contributed by atoms with Gasteiger partial charge in [0.2, 0.25) is 0 Å². The summed E-state index contributed by atoms with van der Waals surface area (Å²) in [4.78, 5) is 12.1. The first kappa shape index (κ1) is 17.1. The van der Waals surface area contributed by atoms with E-state index in [1.807, 2.05) is 6.07 Å². The molecule has 2 aromatic carbocycles. The average molecular weight is 486 g/mol. The van der Waals surface area contributed by atoms with Crippen LogP contribution >= 0.6 is 38.5 Å². The summed E-state index contributed by atoms with van der Waals surface area (Å²) < 4.78 is 41.6. The van der Waals surface area contributed by atoms with Gasteiger partial charge in [0.05, 0.1) is 5.69 Å². The van der Waals surface area contributed by atoms with E-state index in [0.717, 1.165) is 20.2 Å². The molecule has 0 unspecified atom stereocenters. The molecule has 0 atom stereocenters. The third-order valence-corrected chi connectivity index (χ3v) is 3.92. The van der Waals surface area contributed by atoms with Crippen LogP contribution in [-0.4, -0.2) is 12.3 Å². The number of amides is 1. The fraction of sp³-hybridized carbons (Fsp3) is 0.0714. The van der Waals surface area contributed by atoms with E-state index < -0.39 is 12.3 Å². The molecule has 0 fully saturated rings. The van der Waals surface area contributed by atoms with Crippen molar-refractivity contribution in [2.24, 2.45) is 0 Å². The lowest BCUT2D eigenvalue weighted by Gasteiger charge is -2.10. The van der Waals surface area contributed by atoms with Gasteiger partial charge < -0.3 is 10.1 Å². The summed E-state index contributed by atoms with van der Waals surface area (Å²) in [5, 5.41) is 2.69. The molecule has 2 aromatic rings. The van der Waals surface area contributed by atoms with Gasteiger partial charge in [-0.05, 0) is 65.1 Å². The van der Waals surface area contributed by atoms with E-state index in [4.69, 9.17) is 0 Å². The Balaban J connectivity index is 2.10. The molecule has 1 amide bonds. The zero-order chi connectivity index (χ0) is 16.3. The van der Waals surface area contributed by atoms with Crippen molar-refractivity contribution >= 4 is 50.1 Å². The summed E-state index contributed by atoms with van der Waals surface area (Å²) in [6, 6.07) is 10.0. The Kier molecular flexibility index (Phi) is 5.32. The van der Waals surface area contributed by atoms with Crippen LogP contribution in [0.5, 0.6) is 5.75 Å². The molecule has 0 aromatic heterocycles. The first-order valence-corrected chi connectivity index (χ1v) is 7.74. The molecule has 22 heavy (non-hydrogen) atoms. The van der Waals surface area contributed by atoms with Gasteiger partial charge in [0.1, 0.15) is 5.75 Å². The monoisotopic (exact) mass is 485 g/mol. The number of carbonyl (C=O) groups excluding carboxylic acids is 1. The standard InChI is InChI=1S/C14H8BrF3INO2/c15-9-3-6-12(11(19)7-9)20-13(21)8-1-4-10(5-2-8)22-14(16,17)18/h1-7H,(H,20,21). The van der Waals surface area contributed by atoms with E-state index in [0.29, 0.717) is 5.69 Å². The molecular formula is C14H8BrF3INO2. The van der Waals surface area contributed by atoms with E-state index in [1.54, 1.807) is 12.1 Å². The quantitative estimate of drug-likeness (QED) is 0.606. The van der Waals surface area contributed by atoms with Gasteiger partial charge in [-0.3, -0.25) is 4.79 Å². The van der Waals surface area contributed by atoms with Crippen LogP contribution in [0.4, 0.5) is 18.9 Å². The Bertz CT molecular complexity index is 689. The zero-order valence-corrected chi connectivity index (χ0v) is 14.5. The highest BCUT2D eigenvalue weighted by atomic mass is 127. The van der Waals surface area contributed by atoms with E-state index in [9.17, 15) is 18.0 Å². The van der Waals surface area contributed by atoms with Gasteiger partial charge in [0.15, 0.2) is 0 Å². The van der Waals surface area contributed by atoms with Crippen molar-refractivity contribution in [2.45, 2.75) is 6.36 Å². The summed E-state index contributed by atoms with van der Waals surface area (Å²) in [6.07, 6.45) is -4.75. The minimum atomic E-state index is -4.75. The van der Waals surface area contributed by atoms with Gasteiger partial charge in [-0.15, -0.1) is 13.2 Å². The number of carbonyl (C=O) groups is 1. The average Bonchev–Trinajstić information content (AvgIpc) is 2.41. The molecule has 2 rings (SSSR count). The normalized spacial score (nSPS) is 11.1. The molecule has 1 N–H and O–H groups in total. The lowest BCUT2D eigenvalue weighted by atomic mass is 10.2. The second kappa shape index (κ2) is 6.86. The highest BCUT2D eigenvalue weighted by molar-refractivity contribution is 14.1. The van der Waals surface area contributed by atoms with Crippen LogP contribution in [-0.2, 0) is 0 Å². The SMILES string of the molecule is O=C(Nc1ccc(Br)cc1I)c1ccc(OC(F)(F)F)cc1. The van der Waals surface area contributed by atoms with E-state index in [2.05, 4.69) is 48.6 Å². The van der Waals surface area contributed by atoms with Crippen molar-refractivity contribution in [3.63, 3.8) is 0 Å². The van der Waals surface area contributed by atoms with Gasteiger partial charge in [-0.25, -0.2) is 0 Å². The lowest BCUT2D eigenvalue weighted by molar-refractivity contribution is -0.274. The fourth-order valence-corrected chi connectivity index (χ4v) is 3.03. The highest BCUT2D eigenvalue weighted by Crippen LogP contribution is 2.25. The molecule has 0 saturated heterocycles. The third-order valence-electron chi connectivity index (χ3n) is 2.53. The molecule has 3 nitrogen and oxygen atoms in total. The van der Waals surface area contributed by atoms with Crippen molar-refractivity contribution < 1.29 is 22.7 Å². The predicted octanol–water partition coefficient (Wildman–Crippen LogP) is 5.20. The maximum Gasteiger partial charge on any atom is 0.573 e. The second-order valence-corrected chi connectivity index (χ2v) is 6.23. The summed E-state index contributed by atoms with van der Waals surface area (Å²) in [5.74, 6) is -0.791. The van der Waals surface area contributed by atoms with Gasteiger partial charge in [-0.1, -0.05) is 15.9 Å². The zero-order valence-electron chi connectivity index (χ0n) is 10.7. The van der Waals surface area contributed by atoms with Crippen LogP contribution in [0.1, 0.15) is 10.4 Å². The summed E-state index contributed by atoms with van der Waals surface area (Å²) >= 11 is 5.38. The molecule has 0 heterocycles. The minimum absolute atomic E-state index is 0.230. The van der Waals surface area contributed by atoms with Crippen LogP contribution < -0.4 is 10.1 Å². The Morgan fingerprint density at radius 3 is 2.32 bits per heavy atom. The van der Waals surface area contributed by atoms with Crippen LogP contribution in [0.25, 0.3) is 0 Å². The fourth-order valence-electron chi connectivity index (χ4n) is 1.59.